The lowest BCUT2D eigenvalue weighted by molar-refractivity contribution is -0.143. The average molecular weight is 288 g/mol. The second-order valence-electron chi connectivity index (χ2n) is 4.56. The fraction of sp³-hybridized carbons (Fsp3) is 0.786. The maximum atomic E-state index is 11.3. The molecule has 0 bridgehead atoms. The van der Waals surface area contributed by atoms with Crippen molar-refractivity contribution in [2.45, 2.75) is 58.6 Å². The maximum absolute atomic E-state index is 11.3. The first kappa shape index (κ1) is 18.3. The van der Waals surface area contributed by atoms with Gasteiger partial charge < -0.3 is 13.6 Å². The monoisotopic (exact) mass is 288 g/mol. The molecular formula is C14H28O4Si. The molecule has 5 heteroatoms. The lowest BCUT2D eigenvalue weighted by Gasteiger charge is -2.28. The summed E-state index contributed by atoms with van der Waals surface area (Å²) in [6, 6.07) is 0. The summed E-state index contributed by atoms with van der Waals surface area (Å²) in [6.07, 6.45) is 3.74. The van der Waals surface area contributed by atoms with Crippen LogP contribution in [0.5, 0.6) is 0 Å². The summed E-state index contributed by atoms with van der Waals surface area (Å²) in [6.45, 7) is 13.0. The minimum atomic E-state index is -1.82. The van der Waals surface area contributed by atoms with Gasteiger partial charge in [0.05, 0.1) is 0 Å². The van der Waals surface area contributed by atoms with Crippen molar-refractivity contribution < 1.29 is 18.4 Å². The van der Waals surface area contributed by atoms with Crippen LogP contribution in [0.2, 0.25) is 5.54 Å². The van der Waals surface area contributed by atoms with Crippen molar-refractivity contribution in [1.82, 2.24) is 0 Å². The Bertz CT molecular complexity index is 250. The average Bonchev–Trinajstić information content (AvgIpc) is 2.43. The molecule has 2 atom stereocenters. The van der Waals surface area contributed by atoms with E-state index in [1.54, 1.807) is 0 Å². The van der Waals surface area contributed by atoms with Crippen LogP contribution in [0.25, 0.3) is 0 Å². The zero-order valence-corrected chi connectivity index (χ0v) is 13.8. The Labute approximate surface area is 119 Å². The first-order valence-electron chi connectivity index (χ1n) is 7.16. The fourth-order valence-corrected chi connectivity index (χ4v) is 4.10. The normalized spacial score (nSPS) is 14.2. The maximum Gasteiger partial charge on any atom is 0.330 e. The molecule has 0 fully saturated rings. The van der Waals surface area contributed by atoms with Crippen molar-refractivity contribution in [2.75, 3.05) is 13.2 Å². The highest BCUT2D eigenvalue weighted by Gasteiger charge is 2.31. The first-order valence-corrected chi connectivity index (χ1v) is 8.77. The lowest BCUT2D eigenvalue weighted by Crippen LogP contribution is -2.36. The molecule has 0 saturated carbocycles. The highest BCUT2D eigenvalue weighted by Crippen LogP contribution is 2.23. The van der Waals surface area contributed by atoms with E-state index in [0.29, 0.717) is 13.2 Å². The Balaban J connectivity index is 4.55. The molecule has 0 heterocycles. The second kappa shape index (κ2) is 11.2. The molecule has 112 valence electrons. The van der Waals surface area contributed by atoms with Gasteiger partial charge in [0.15, 0.2) is 0 Å². The van der Waals surface area contributed by atoms with Crippen LogP contribution in [-0.4, -0.2) is 34.6 Å². The largest absolute Gasteiger partial charge is 0.459 e. The minimum Gasteiger partial charge on any atom is -0.459 e. The summed E-state index contributed by atoms with van der Waals surface area (Å²) in [5.74, 6) is -0.377. The minimum absolute atomic E-state index is 0.131. The number of hydrogen-bond acceptors (Lipinski definition) is 4. The SMILES string of the molecule is C=CC(=O)OC(CC)C(C)[SiH](OCCC)OCCC. The van der Waals surface area contributed by atoms with Gasteiger partial charge in [-0.15, -0.1) is 0 Å². The molecule has 4 nitrogen and oxygen atoms in total. The third-order valence-electron chi connectivity index (χ3n) is 2.82. The molecule has 0 aliphatic carbocycles. The molecule has 0 aliphatic heterocycles. The summed E-state index contributed by atoms with van der Waals surface area (Å²) in [4.78, 5) is 11.3. The predicted octanol–water partition coefficient (Wildman–Crippen LogP) is 2.96. The van der Waals surface area contributed by atoms with Crippen molar-refractivity contribution in [1.29, 1.82) is 0 Å². The van der Waals surface area contributed by atoms with Gasteiger partial charge in [-0.05, 0) is 19.3 Å². The van der Waals surface area contributed by atoms with Crippen molar-refractivity contribution in [3.63, 3.8) is 0 Å². The Morgan fingerprint density at radius 2 is 1.74 bits per heavy atom. The van der Waals surface area contributed by atoms with E-state index in [2.05, 4.69) is 20.4 Å². The molecular weight excluding hydrogens is 260 g/mol. The van der Waals surface area contributed by atoms with Crippen LogP contribution in [0.4, 0.5) is 0 Å². The van der Waals surface area contributed by atoms with Crippen LogP contribution >= 0.6 is 0 Å². The standard InChI is InChI=1S/C14H28O4Si/c1-6-10-16-19(17-11-7-2)12(5)13(8-3)18-14(15)9-4/h9,12-13,19H,4,6-8,10-11H2,1-3,5H3. The fourth-order valence-electron chi connectivity index (χ4n) is 1.75. The molecule has 0 spiro atoms. The van der Waals surface area contributed by atoms with Gasteiger partial charge in [0.1, 0.15) is 6.10 Å². The molecule has 0 saturated heterocycles. The number of carbonyl (C=O) groups excluding carboxylic acids is 1. The molecule has 19 heavy (non-hydrogen) atoms. The Kier molecular flexibility index (Phi) is 10.8. The Morgan fingerprint density at radius 1 is 1.21 bits per heavy atom. The van der Waals surface area contributed by atoms with Crippen molar-refractivity contribution in [3.05, 3.63) is 12.7 Å². The van der Waals surface area contributed by atoms with Crippen LogP contribution < -0.4 is 0 Å². The quantitative estimate of drug-likeness (QED) is 0.333. The smallest absolute Gasteiger partial charge is 0.330 e. The van der Waals surface area contributed by atoms with E-state index in [-0.39, 0.29) is 17.6 Å². The highest BCUT2D eigenvalue weighted by atomic mass is 28.3. The number of rotatable bonds is 11. The van der Waals surface area contributed by atoms with Gasteiger partial charge in [-0.3, -0.25) is 0 Å². The zero-order chi connectivity index (χ0) is 14.7. The van der Waals surface area contributed by atoms with Gasteiger partial charge in [-0.1, -0.05) is 34.3 Å². The first-order chi connectivity index (χ1) is 9.10. The summed E-state index contributed by atoms with van der Waals surface area (Å²) < 4.78 is 17.1. The third-order valence-corrected chi connectivity index (χ3v) is 5.24. The number of esters is 1. The number of carbonyl (C=O) groups is 1. The van der Waals surface area contributed by atoms with Gasteiger partial charge in [-0.25, -0.2) is 4.79 Å². The highest BCUT2D eigenvalue weighted by molar-refractivity contribution is 6.46. The van der Waals surface area contributed by atoms with Gasteiger partial charge in [0.25, 0.3) is 0 Å². The molecule has 0 N–H and O–H groups in total. The second-order valence-corrected chi connectivity index (χ2v) is 7.01. The summed E-state index contributed by atoms with van der Waals surface area (Å²) in [5.41, 5.74) is 0.131. The van der Waals surface area contributed by atoms with E-state index in [4.69, 9.17) is 13.6 Å². The molecule has 0 aromatic heterocycles. The molecule has 2 unspecified atom stereocenters. The third kappa shape index (κ3) is 7.50. The van der Waals surface area contributed by atoms with Crippen LogP contribution in [-0.2, 0) is 18.4 Å². The van der Waals surface area contributed by atoms with E-state index in [1.807, 2.05) is 13.8 Å². The molecule has 0 aromatic carbocycles. The van der Waals surface area contributed by atoms with Crippen LogP contribution in [0.3, 0.4) is 0 Å². The number of hydrogen-bond donors (Lipinski definition) is 0. The van der Waals surface area contributed by atoms with E-state index in [0.717, 1.165) is 19.3 Å². The van der Waals surface area contributed by atoms with Crippen molar-refractivity contribution >= 4 is 15.3 Å². The molecule has 0 aromatic rings. The zero-order valence-electron chi connectivity index (χ0n) is 12.7. The van der Waals surface area contributed by atoms with Crippen LogP contribution in [0.1, 0.15) is 47.0 Å². The summed E-state index contributed by atoms with van der Waals surface area (Å²) >= 11 is 0. The van der Waals surface area contributed by atoms with Crippen molar-refractivity contribution in [2.24, 2.45) is 0 Å². The van der Waals surface area contributed by atoms with Gasteiger partial charge in [-0.2, -0.15) is 0 Å². The van der Waals surface area contributed by atoms with Gasteiger partial charge in [0, 0.05) is 24.8 Å². The van der Waals surface area contributed by atoms with Gasteiger partial charge >= 0.3 is 15.3 Å². The van der Waals surface area contributed by atoms with E-state index >= 15 is 0 Å². The summed E-state index contributed by atoms with van der Waals surface area (Å²) in [7, 11) is -1.82. The van der Waals surface area contributed by atoms with Crippen LogP contribution in [0.15, 0.2) is 12.7 Å². The summed E-state index contributed by atoms with van der Waals surface area (Å²) in [5, 5.41) is 0. The van der Waals surface area contributed by atoms with Gasteiger partial charge in [0.2, 0.25) is 0 Å². The van der Waals surface area contributed by atoms with Crippen LogP contribution in [0, 0.1) is 0 Å². The molecule has 0 amide bonds. The lowest BCUT2D eigenvalue weighted by atomic mass is 10.2. The topological polar surface area (TPSA) is 44.8 Å². The van der Waals surface area contributed by atoms with E-state index in [1.165, 1.54) is 6.08 Å². The number of ether oxygens (including phenoxy) is 1. The van der Waals surface area contributed by atoms with Crippen molar-refractivity contribution in [3.8, 4) is 0 Å². The molecule has 0 aliphatic rings. The van der Waals surface area contributed by atoms with E-state index in [9.17, 15) is 4.79 Å². The Hall–Kier alpha value is -0.653. The molecule has 0 radical (unpaired) electrons. The van der Waals surface area contributed by atoms with E-state index < -0.39 is 9.28 Å². The Morgan fingerprint density at radius 3 is 2.11 bits per heavy atom. The molecule has 0 rings (SSSR count). The predicted molar refractivity (Wildman–Crippen MR) is 79.4 cm³/mol.